The van der Waals surface area contributed by atoms with Crippen molar-refractivity contribution in [3.63, 3.8) is 0 Å². The van der Waals surface area contributed by atoms with Crippen LogP contribution in [0.2, 0.25) is 0 Å². The maximum absolute atomic E-state index is 12.6. The number of esters is 1. The molecule has 4 rings (SSSR count). The van der Waals surface area contributed by atoms with Crippen LogP contribution in [0.25, 0.3) is 11.4 Å². The summed E-state index contributed by atoms with van der Waals surface area (Å²) >= 11 is 0. The van der Waals surface area contributed by atoms with Crippen molar-refractivity contribution in [2.24, 2.45) is 5.92 Å². The van der Waals surface area contributed by atoms with Crippen molar-refractivity contribution in [3.05, 3.63) is 66.2 Å². The molecule has 0 N–H and O–H groups in total. The molecule has 1 aliphatic rings. The van der Waals surface area contributed by atoms with E-state index in [1.807, 2.05) is 48.5 Å². The first-order valence-electron chi connectivity index (χ1n) is 10.5. The molecule has 1 atom stereocenters. The Balaban J connectivity index is 1.22. The molecule has 1 aliphatic heterocycles. The number of amides is 1. The van der Waals surface area contributed by atoms with Gasteiger partial charge in [0.2, 0.25) is 5.82 Å². The number of aromatic nitrogens is 4. The van der Waals surface area contributed by atoms with Crippen molar-refractivity contribution in [2.45, 2.75) is 25.8 Å². The van der Waals surface area contributed by atoms with Gasteiger partial charge in [0, 0.05) is 30.6 Å². The summed E-state index contributed by atoms with van der Waals surface area (Å²) in [4.78, 5) is 28.4. The number of piperidine rings is 1. The third kappa shape index (κ3) is 5.33. The molecule has 2 aromatic carbocycles. The van der Waals surface area contributed by atoms with Gasteiger partial charge >= 0.3 is 5.97 Å². The third-order valence-corrected chi connectivity index (χ3v) is 5.29. The van der Waals surface area contributed by atoms with Crippen LogP contribution < -0.4 is 0 Å². The molecule has 8 nitrogen and oxygen atoms in total. The molecule has 31 heavy (non-hydrogen) atoms. The quantitative estimate of drug-likeness (QED) is 0.432. The van der Waals surface area contributed by atoms with Crippen LogP contribution in [0.1, 0.15) is 29.6 Å². The fraction of sp³-hybridized carbons (Fsp3) is 0.348. The fourth-order valence-electron chi connectivity index (χ4n) is 3.65. The van der Waals surface area contributed by atoms with Crippen molar-refractivity contribution in [1.82, 2.24) is 25.1 Å². The second kappa shape index (κ2) is 9.97. The van der Waals surface area contributed by atoms with E-state index < -0.39 is 0 Å². The Kier molecular flexibility index (Phi) is 6.66. The topological polar surface area (TPSA) is 90.2 Å². The average Bonchev–Trinajstić information content (AvgIpc) is 3.31. The molecule has 0 radical (unpaired) electrons. The van der Waals surface area contributed by atoms with Crippen LogP contribution in [0.5, 0.6) is 0 Å². The Labute approximate surface area is 180 Å². The van der Waals surface area contributed by atoms with Gasteiger partial charge in [0.15, 0.2) is 0 Å². The largest absolute Gasteiger partial charge is 0.465 e. The maximum atomic E-state index is 12.6. The minimum Gasteiger partial charge on any atom is -0.465 e. The SMILES string of the molecule is O=C(OCCCn1nnc(-c2ccccc2)n1)C1CCCN(C(=O)c2ccccc2)C1. The summed E-state index contributed by atoms with van der Waals surface area (Å²) in [5.74, 6) is 0.00484. The first-order chi connectivity index (χ1) is 15.2. The number of hydrogen-bond acceptors (Lipinski definition) is 6. The fourth-order valence-corrected chi connectivity index (χ4v) is 3.65. The molecule has 3 aromatic rings. The highest BCUT2D eigenvalue weighted by Gasteiger charge is 2.29. The van der Waals surface area contributed by atoms with E-state index >= 15 is 0 Å². The van der Waals surface area contributed by atoms with Gasteiger partial charge < -0.3 is 9.64 Å². The highest BCUT2D eigenvalue weighted by molar-refractivity contribution is 5.94. The molecular formula is C23H25N5O3. The van der Waals surface area contributed by atoms with Crippen LogP contribution >= 0.6 is 0 Å². The summed E-state index contributed by atoms with van der Waals surface area (Å²) in [6.45, 7) is 1.86. The van der Waals surface area contributed by atoms with Gasteiger partial charge in [-0.3, -0.25) is 9.59 Å². The van der Waals surface area contributed by atoms with Gasteiger partial charge in [0.1, 0.15) is 0 Å². The maximum Gasteiger partial charge on any atom is 0.310 e. The molecule has 1 fully saturated rings. The van der Waals surface area contributed by atoms with Crippen LogP contribution in [0.15, 0.2) is 60.7 Å². The second-order valence-electron chi connectivity index (χ2n) is 7.55. The number of benzene rings is 2. The van der Waals surface area contributed by atoms with Gasteiger partial charge in [-0.25, -0.2) is 0 Å². The van der Waals surface area contributed by atoms with Crippen molar-refractivity contribution in [3.8, 4) is 11.4 Å². The van der Waals surface area contributed by atoms with E-state index in [9.17, 15) is 9.59 Å². The van der Waals surface area contributed by atoms with Gasteiger partial charge in [-0.2, -0.15) is 4.80 Å². The molecule has 2 heterocycles. The summed E-state index contributed by atoms with van der Waals surface area (Å²) in [5, 5.41) is 12.5. The van der Waals surface area contributed by atoms with E-state index in [0.29, 0.717) is 37.4 Å². The first kappa shape index (κ1) is 20.7. The predicted molar refractivity (Wildman–Crippen MR) is 114 cm³/mol. The molecule has 1 amide bonds. The number of aryl methyl sites for hydroxylation is 1. The average molecular weight is 419 g/mol. The number of tetrazole rings is 1. The molecule has 160 valence electrons. The van der Waals surface area contributed by atoms with Crippen LogP contribution in [0.4, 0.5) is 0 Å². The summed E-state index contributed by atoms with van der Waals surface area (Å²) in [6, 6.07) is 18.8. The Morgan fingerprint density at radius 2 is 1.77 bits per heavy atom. The Bertz CT molecular complexity index is 1010. The summed E-state index contributed by atoms with van der Waals surface area (Å²) in [7, 11) is 0. The normalized spacial score (nSPS) is 16.1. The monoisotopic (exact) mass is 419 g/mol. The smallest absolute Gasteiger partial charge is 0.310 e. The summed E-state index contributed by atoms with van der Waals surface area (Å²) in [5.41, 5.74) is 1.55. The number of ether oxygens (including phenoxy) is 1. The minimum atomic E-state index is -0.282. The molecular weight excluding hydrogens is 394 g/mol. The zero-order valence-corrected chi connectivity index (χ0v) is 17.3. The van der Waals surface area contributed by atoms with Crippen LogP contribution in [-0.2, 0) is 16.1 Å². The number of nitrogens with zero attached hydrogens (tertiary/aromatic N) is 5. The Hall–Kier alpha value is -3.55. The lowest BCUT2D eigenvalue weighted by atomic mass is 9.97. The second-order valence-corrected chi connectivity index (χ2v) is 7.55. The van der Waals surface area contributed by atoms with E-state index in [1.165, 1.54) is 4.80 Å². The molecule has 1 saturated heterocycles. The number of likely N-dealkylation sites (tertiary alicyclic amines) is 1. The number of carbonyl (C=O) groups excluding carboxylic acids is 2. The predicted octanol–water partition coefficient (Wildman–Crippen LogP) is 2.83. The van der Waals surface area contributed by atoms with Gasteiger partial charge in [-0.1, -0.05) is 48.5 Å². The van der Waals surface area contributed by atoms with Crippen molar-refractivity contribution in [2.75, 3.05) is 19.7 Å². The van der Waals surface area contributed by atoms with Crippen LogP contribution in [0, 0.1) is 5.92 Å². The Morgan fingerprint density at radius 1 is 1.03 bits per heavy atom. The van der Waals surface area contributed by atoms with Crippen molar-refractivity contribution >= 4 is 11.9 Å². The van der Waals surface area contributed by atoms with Gasteiger partial charge in [-0.15, -0.1) is 10.2 Å². The van der Waals surface area contributed by atoms with Crippen LogP contribution in [-0.4, -0.2) is 56.7 Å². The minimum absolute atomic E-state index is 0.0374. The molecule has 0 aliphatic carbocycles. The molecule has 1 unspecified atom stereocenters. The molecule has 8 heteroatoms. The molecule has 0 bridgehead atoms. The van der Waals surface area contributed by atoms with Crippen molar-refractivity contribution < 1.29 is 14.3 Å². The number of hydrogen-bond donors (Lipinski definition) is 0. The lowest BCUT2D eigenvalue weighted by Gasteiger charge is -2.31. The van der Waals surface area contributed by atoms with Crippen molar-refractivity contribution in [1.29, 1.82) is 0 Å². The van der Waals surface area contributed by atoms with Crippen LogP contribution in [0.3, 0.4) is 0 Å². The summed E-state index contributed by atoms with van der Waals surface area (Å²) < 4.78 is 5.46. The van der Waals surface area contributed by atoms with E-state index in [2.05, 4.69) is 15.4 Å². The molecule has 0 spiro atoms. The zero-order chi connectivity index (χ0) is 21.5. The van der Waals surface area contributed by atoms with Gasteiger partial charge in [0.25, 0.3) is 5.91 Å². The van der Waals surface area contributed by atoms with E-state index in [1.54, 1.807) is 17.0 Å². The van der Waals surface area contributed by atoms with E-state index in [0.717, 1.165) is 18.4 Å². The lowest BCUT2D eigenvalue weighted by Crippen LogP contribution is -2.42. The number of carbonyl (C=O) groups is 2. The third-order valence-electron chi connectivity index (χ3n) is 5.29. The highest BCUT2D eigenvalue weighted by atomic mass is 16.5. The first-order valence-corrected chi connectivity index (χ1v) is 10.5. The molecule has 0 saturated carbocycles. The van der Waals surface area contributed by atoms with Gasteiger partial charge in [-0.05, 0) is 30.2 Å². The summed E-state index contributed by atoms with van der Waals surface area (Å²) in [6.07, 6.45) is 2.13. The van der Waals surface area contributed by atoms with E-state index in [-0.39, 0.29) is 24.4 Å². The standard InChI is InChI=1S/C23H25N5O3/c29-22(19-11-5-2-6-12-19)27-14-7-13-20(17-27)23(30)31-16-8-15-28-25-21(24-26-28)18-9-3-1-4-10-18/h1-6,9-12,20H,7-8,13-17H2. The number of rotatable bonds is 7. The zero-order valence-electron chi connectivity index (χ0n) is 17.3. The lowest BCUT2D eigenvalue weighted by molar-refractivity contribution is -0.150. The van der Waals surface area contributed by atoms with E-state index in [4.69, 9.17) is 4.74 Å². The Morgan fingerprint density at radius 3 is 2.55 bits per heavy atom. The molecule has 1 aromatic heterocycles. The van der Waals surface area contributed by atoms with Gasteiger partial charge in [0.05, 0.1) is 19.1 Å². The highest BCUT2D eigenvalue weighted by Crippen LogP contribution is 2.20.